The van der Waals surface area contributed by atoms with Crippen LogP contribution < -0.4 is 10.6 Å². The van der Waals surface area contributed by atoms with E-state index in [2.05, 4.69) is 40.6 Å². The van der Waals surface area contributed by atoms with Gasteiger partial charge in [0.25, 0.3) is 0 Å². The summed E-state index contributed by atoms with van der Waals surface area (Å²) in [7, 11) is 0. The second kappa shape index (κ2) is 7.97. The van der Waals surface area contributed by atoms with E-state index in [-0.39, 0.29) is 12.1 Å². The first-order valence-corrected chi connectivity index (χ1v) is 8.63. The van der Waals surface area contributed by atoms with E-state index in [1.165, 1.54) is 0 Å². The minimum Gasteiger partial charge on any atom is -0.338 e. The van der Waals surface area contributed by atoms with Crippen molar-refractivity contribution in [2.75, 3.05) is 6.54 Å². The molecule has 2 heterocycles. The molecule has 0 fully saturated rings. The molecule has 0 unspecified atom stereocenters. The molecule has 1 atom stereocenters. The van der Waals surface area contributed by atoms with Gasteiger partial charge in [0.05, 0.1) is 5.69 Å². The van der Waals surface area contributed by atoms with Crippen LogP contribution in [-0.4, -0.2) is 33.2 Å². The third kappa shape index (κ3) is 4.47. The fourth-order valence-electron chi connectivity index (χ4n) is 2.54. The molecule has 0 saturated heterocycles. The molecule has 2 aromatic heterocycles. The number of rotatable bonds is 6. The average Bonchev–Trinajstić information content (AvgIpc) is 2.89. The fourth-order valence-corrected chi connectivity index (χ4v) is 2.54. The fraction of sp³-hybridized carbons (Fsp3) is 0.556. The number of fused-ring (bicyclic) bond motifs is 1. The third-order valence-electron chi connectivity index (χ3n) is 4.31. The number of nitrogens with one attached hydrogen (secondary N) is 2. The van der Waals surface area contributed by atoms with Crippen LogP contribution in [0.4, 0.5) is 4.79 Å². The SMILES string of the molecule is Cc1cc(C)n2nc(CCCNC(=O)N[C@@H](C)C(C)C)c(C#N)c2n1. The molecule has 0 aliphatic heterocycles. The van der Waals surface area contributed by atoms with Crippen LogP contribution in [0.5, 0.6) is 0 Å². The Morgan fingerprint density at radius 2 is 2.08 bits per heavy atom. The van der Waals surface area contributed by atoms with E-state index >= 15 is 0 Å². The predicted octanol–water partition coefficient (Wildman–Crippen LogP) is 2.49. The van der Waals surface area contributed by atoms with Crippen LogP contribution in [0.25, 0.3) is 5.65 Å². The molecular formula is C18H26N6O. The Morgan fingerprint density at radius 1 is 1.36 bits per heavy atom. The van der Waals surface area contributed by atoms with Gasteiger partial charge in [0.2, 0.25) is 0 Å². The van der Waals surface area contributed by atoms with Gasteiger partial charge in [0.15, 0.2) is 5.65 Å². The highest BCUT2D eigenvalue weighted by Gasteiger charge is 2.15. The Balaban J connectivity index is 1.97. The van der Waals surface area contributed by atoms with Crippen molar-refractivity contribution < 1.29 is 4.79 Å². The number of carbonyl (C=O) groups is 1. The molecule has 0 aliphatic carbocycles. The zero-order valence-electron chi connectivity index (χ0n) is 15.6. The Labute approximate surface area is 148 Å². The Morgan fingerprint density at radius 3 is 2.72 bits per heavy atom. The van der Waals surface area contributed by atoms with Crippen molar-refractivity contribution in [2.45, 2.75) is 53.5 Å². The van der Waals surface area contributed by atoms with E-state index in [1.807, 2.05) is 26.8 Å². The minimum absolute atomic E-state index is 0.126. The molecule has 7 nitrogen and oxygen atoms in total. The molecule has 2 rings (SSSR count). The van der Waals surface area contributed by atoms with Crippen LogP contribution in [0.15, 0.2) is 6.07 Å². The summed E-state index contributed by atoms with van der Waals surface area (Å²) in [6.45, 7) is 10.5. The predicted molar refractivity (Wildman–Crippen MR) is 96.3 cm³/mol. The highest BCUT2D eigenvalue weighted by atomic mass is 16.2. The van der Waals surface area contributed by atoms with E-state index in [0.717, 1.165) is 17.1 Å². The number of urea groups is 1. The van der Waals surface area contributed by atoms with Gasteiger partial charge in [-0.05, 0) is 45.6 Å². The summed E-state index contributed by atoms with van der Waals surface area (Å²) in [4.78, 5) is 16.2. The molecule has 2 aromatic rings. The lowest BCUT2D eigenvalue weighted by Crippen LogP contribution is -2.43. The smallest absolute Gasteiger partial charge is 0.315 e. The number of nitrogens with zero attached hydrogens (tertiary/aromatic N) is 4. The number of carbonyl (C=O) groups excluding carboxylic acids is 1. The van der Waals surface area contributed by atoms with E-state index in [0.29, 0.717) is 36.5 Å². The maximum atomic E-state index is 11.8. The Bertz CT molecular complexity index is 802. The molecule has 0 spiro atoms. The number of hydrogen-bond donors (Lipinski definition) is 2. The summed E-state index contributed by atoms with van der Waals surface area (Å²) in [6.07, 6.45) is 1.32. The van der Waals surface area contributed by atoms with Crippen molar-refractivity contribution in [2.24, 2.45) is 5.92 Å². The quantitative estimate of drug-likeness (QED) is 0.789. The monoisotopic (exact) mass is 342 g/mol. The van der Waals surface area contributed by atoms with Crippen LogP contribution in [-0.2, 0) is 6.42 Å². The molecule has 0 radical (unpaired) electrons. The molecule has 2 N–H and O–H groups in total. The number of hydrogen-bond acceptors (Lipinski definition) is 4. The largest absolute Gasteiger partial charge is 0.338 e. The summed E-state index contributed by atoms with van der Waals surface area (Å²) in [6, 6.07) is 4.12. The van der Waals surface area contributed by atoms with E-state index in [9.17, 15) is 10.1 Å². The lowest BCUT2D eigenvalue weighted by Gasteiger charge is -2.17. The lowest BCUT2D eigenvalue weighted by atomic mass is 10.1. The molecule has 0 aromatic carbocycles. The summed E-state index contributed by atoms with van der Waals surface area (Å²) < 4.78 is 1.71. The Kier molecular flexibility index (Phi) is 5.97. The van der Waals surface area contributed by atoms with E-state index in [1.54, 1.807) is 4.52 Å². The van der Waals surface area contributed by atoms with Gasteiger partial charge in [-0.15, -0.1) is 0 Å². The van der Waals surface area contributed by atoms with Gasteiger partial charge in [0, 0.05) is 24.0 Å². The van der Waals surface area contributed by atoms with Crippen LogP contribution in [0.2, 0.25) is 0 Å². The summed E-state index contributed by atoms with van der Waals surface area (Å²) in [5.74, 6) is 0.390. The molecule has 0 saturated carbocycles. The third-order valence-corrected chi connectivity index (χ3v) is 4.31. The van der Waals surface area contributed by atoms with Crippen molar-refractivity contribution in [1.29, 1.82) is 5.26 Å². The van der Waals surface area contributed by atoms with Gasteiger partial charge in [0.1, 0.15) is 11.6 Å². The molecule has 7 heteroatoms. The molecule has 0 bridgehead atoms. The standard InChI is InChI=1S/C18H26N6O/c1-11(2)14(5)22-18(25)20-8-6-7-16-15(10-19)17-21-12(3)9-13(4)24(17)23-16/h9,11,14H,6-8H2,1-5H3,(H2,20,22,25)/t14-/m0/s1. The van der Waals surface area contributed by atoms with Gasteiger partial charge < -0.3 is 10.6 Å². The Hall–Kier alpha value is -2.62. The van der Waals surface area contributed by atoms with Gasteiger partial charge >= 0.3 is 6.03 Å². The van der Waals surface area contributed by atoms with Crippen LogP contribution in [0.1, 0.15) is 49.8 Å². The highest BCUT2D eigenvalue weighted by Crippen LogP contribution is 2.17. The number of aromatic nitrogens is 3. The van der Waals surface area contributed by atoms with Crippen LogP contribution in [0, 0.1) is 31.1 Å². The van der Waals surface area contributed by atoms with Gasteiger partial charge in [-0.2, -0.15) is 10.4 Å². The average molecular weight is 342 g/mol. The van der Waals surface area contributed by atoms with Gasteiger partial charge in [-0.3, -0.25) is 0 Å². The second-order valence-corrected chi connectivity index (χ2v) is 6.74. The topological polar surface area (TPSA) is 95.1 Å². The van der Waals surface area contributed by atoms with Crippen LogP contribution in [0.3, 0.4) is 0 Å². The maximum Gasteiger partial charge on any atom is 0.315 e. The summed E-state index contributed by atoms with van der Waals surface area (Å²) in [5.41, 5.74) is 3.66. The lowest BCUT2D eigenvalue weighted by molar-refractivity contribution is 0.234. The molecular weight excluding hydrogens is 316 g/mol. The number of nitriles is 1. The van der Waals surface area contributed by atoms with Crippen molar-refractivity contribution >= 4 is 11.7 Å². The van der Waals surface area contributed by atoms with Crippen molar-refractivity contribution in [3.05, 3.63) is 28.7 Å². The maximum absolute atomic E-state index is 11.8. The molecule has 0 aliphatic rings. The summed E-state index contributed by atoms with van der Waals surface area (Å²) in [5, 5.41) is 19.7. The molecule has 25 heavy (non-hydrogen) atoms. The molecule has 2 amide bonds. The van der Waals surface area contributed by atoms with E-state index < -0.39 is 0 Å². The van der Waals surface area contributed by atoms with Crippen molar-refractivity contribution in [3.63, 3.8) is 0 Å². The van der Waals surface area contributed by atoms with E-state index in [4.69, 9.17) is 0 Å². The normalized spacial score (nSPS) is 12.2. The summed E-state index contributed by atoms with van der Waals surface area (Å²) >= 11 is 0. The number of amides is 2. The zero-order chi connectivity index (χ0) is 18.6. The molecule has 134 valence electrons. The highest BCUT2D eigenvalue weighted by molar-refractivity contribution is 5.74. The van der Waals surface area contributed by atoms with Crippen LogP contribution >= 0.6 is 0 Å². The first-order chi connectivity index (χ1) is 11.8. The zero-order valence-corrected chi connectivity index (χ0v) is 15.6. The van der Waals surface area contributed by atoms with Gasteiger partial charge in [-0.1, -0.05) is 13.8 Å². The van der Waals surface area contributed by atoms with Gasteiger partial charge in [-0.25, -0.2) is 14.3 Å². The first kappa shape index (κ1) is 18.7. The van der Waals surface area contributed by atoms with Crippen molar-refractivity contribution in [1.82, 2.24) is 25.2 Å². The first-order valence-electron chi connectivity index (χ1n) is 8.63. The minimum atomic E-state index is -0.162. The number of aryl methyl sites for hydroxylation is 3. The second-order valence-electron chi connectivity index (χ2n) is 6.74. The van der Waals surface area contributed by atoms with Crippen molar-refractivity contribution in [3.8, 4) is 6.07 Å².